The molecule has 0 heterocycles. The summed E-state index contributed by atoms with van der Waals surface area (Å²) in [6.07, 6.45) is 1.31. The van der Waals surface area contributed by atoms with E-state index in [1.165, 1.54) is 6.21 Å². The Hall–Kier alpha value is -3.19. The van der Waals surface area contributed by atoms with Crippen molar-refractivity contribution in [3.05, 3.63) is 70.7 Å². The number of phenolic OH excluding ortho intramolecular Hbond substituents is 1. The van der Waals surface area contributed by atoms with Gasteiger partial charge in [-0.05, 0) is 35.0 Å². The van der Waals surface area contributed by atoms with Crippen molar-refractivity contribution in [2.75, 3.05) is 5.32 Å². The number of benzene rings is 3. The van der Waals surface area contributed by atoms with E-state index in [1.807, 2.05) is 24.3 Å². The molecule has 7 heteroatoms. The zero-order chi connectivity index (χ0) is 18.5. The Labute approximate surface area is 157 Å². The SMILES string of the molecule is O=C(N/N=C\c1c(O)ccc2ccccc12)C(=O)Nc1cccc(Br)c1. The predicted octanol–water partition coefficient (Wildman–Crippen LogP) is 3.40. The van der Waals surface area contributed by atoms with Crippen LogP contribution in [-0.4, -0.2) is 23.1 Å². The van der Waals surface area contributed by atoms with Crippen LogP contribution in [0.4, 0.5) is 5.69 Å². The molecule has 6 nitrogen and oxygen atoms in total. The van der Waals surface area contributed by atoms with Gasteiger partial charge in [-0.25, -0.2) is 5.43 Å². The van der Waals surface area contributed by atoms with Crippen LogP contribution in [0.25, 0.3) is 10.8 Å². The second kappa shape index (κ2) is 7.79. The van der Waals surface area contributed by atoms with Gasteiger partial charge in [-0.2, -0.15) is 5.10 Å². The van der Waals surface area contributed by atoms with Crippen LogP contribution in [0.2, 0.25) is 0 Å². The van der Waals surface area contributed by atoms with Gasteiger partial charge in [-0.15, -0.1) is 0 Å². The third kappa shape index (κ3) is 4.07. The molecule has 0 atom stereocenters. The van der Waals surface area contributed by atoms with Gasteiger partial charge >= 0.3 is 11.8 Å². The Morgan fingerprint density at radius 3 is 2.62 bits per heavy atom. The summed E-state index contributed by atoms with van der Waals surface area (Å²) in [5.74, 6) is -1.73. The molecule has 2 amide bonds. The second-order valence-electron chi connectivity index (χ2n) is 5.38. The van der Waals surface area contributed by atoms with E-state index in [9.17, 15) is 14.7 Å². The summed E-state index contributed by atoms with van der Waals surface area (Å²) in [7, 11) is 0. The third-order valence-electron chi connectivity index (χ3n) is 3.60. The number of nitrogens with one attached hydrogen (secondary N) is 2. The summed E-state index contributed by atoms with van der Waals surface area (Å²) < 4.78 is 0.778. The van der Waals surface area contributed by atoms with E-state index in [1.54, 1.807) is 36.4 Å². The maximum atomic E-state index is 11.9. The van der Waals surface area contributed by atoms with Crippen molar-refractivity contribution in [1.82, 2.24) is 5.43 Å². The molecule has 0 bridgehead atoms. The molecule has 0 radical (unpaired) electrons. The molecule has 0 aliphatic rings. The van der Waals surface area contributed by atoms with Gasteiger partial charge in [-0.1, -0.05) is 52.3 Å². The van der Waals surface area contributed by atoms with Crippen molar-refractivity contribution in [3.63, 3.8) is 0 Å². The highest BCUT2D eigenvalue weighted by molar-refractivity contribution is 9.10. The van der Waals surface area contributed by atoms with Crippen molar-refractivity contribution >= 4 is 50.4 Å². The van der Waals surface area contributed by atoms with Crippen molar-refractivity contribution < 1.29 is 14.7 Å². The average Bonchev–Trinajstić information content (AvgIpc) is 2.63. The largest absolute Gasteiger partial charge is 0.507 e. The number of phenols is 1. The fourth-order valence-electron chi connectivity index (χ4n) is 2.38. The lowest BCUT2D eigenvalue weighted by molar-refractivity contribution is -0.136. The molecule has 3 aromatic rings. The molecule has 0 fully saturated rings. The Balaban J connectivity index is 1.69. The number of aromatic hydroxyl groups is 1. The first-order valence-electron chi connectivity index (χ1n) is 7.65. The van der Waals surface area contributed by atoms with E-state index in [0.29, 0.717) is 11.3 Å². The lowest BCUT2D eigenvalue weighted by atomic mass is 10.0. The van der Waals surface area contributed by atoms with Gasteiger partial charge in [0, 0.05) is 15.7 Å². The molecule has 3 N–H and O–H groups in total. The van der Waals surface area contributed by atoms with Crippen LogP contribution in [0.5, 0.6) is 5.75 Å². The molecule has 26 heavy (non-hydrogen) atoms. The summed E-state index contributed by atoms with van der Waals surface area (Å²) in [5, 5.41) is 18.0. The Morgan fingerprint density at radius 2 is 1.81 bits per heavy atom. The smallest absolute Gasteiger partial charge is 0.329 e. The standard InChI is InChI=1S/C19H14BrN3O3/c20-13-5-3-6-14(10-13)22-18(25)19(26)23-21-11-16-15-7-2-1-4-12(15)8-9-17(16)24/h1-11,24H,(H,22,25)(H,23,26)/b21-11-. The third-order valence-corrected chi connectivity index (χ3v) is 4.09. The van der Waals surface area contributed by atoms with E-state index in [2.05, 4.69) is 31.8 Å². The molecule has 0 unspecified atom stereocenters. The minimum Gasteiger partial charge on any atom is -0.507 e. The number of carbonyl (C=O) groups is 2. The highest BCUT2D eigenvalue weighted by Crippen LogP contribution is 2.25. The summed E-state index contributed by atoms with van der Waals surface area (Å²) in [4.78, 5) is 23.7. The molecule has 130 valence electrons. The number of hydrogen-bond donors (Lipinski definition) is 3. The van der Waals surface area contributed by atoms with Gasteiger partial charge in [0.2, 0.25) is 0 Å². The molecule has 0 aromatic heterocycles. The number of amides is 2. The number of hydrazone groups is 1. The fraction of sp³-hybridized carbons (Fsp3) is 0. The van der Waals surface area contributed by atoms with Crippen LogP contribution in [0.1, 0.15) is 5.56 Å². The molecule has 0 aliphatic carbocycles. The molecule has 0 saturated carbocycles. The Morgan fingerprint density at radius 1 is 1.00 bits per heavy atom. The lowest BCUT2D eigenvalue weighted by Gasteiger charge is -2.05. The molecule has 3 rings (SSSR count). The van der Waals surface area contributed by atoms with E-state index in [4.69, 9.17) is 0 Å². The zero-order valence-corrected chi connectivity index (χ0v) is 15.0. The van der Waals surface area contributed by atoms with Crippen molar-refractivity contribution in [2.45, 2.75) is 0 Å². The highest BCUT2D eigenvalue weighted by atomic mass is 79.9. The number of carbonyl (C=O) groups excluding carboxylic acids is 2. The summed E-state index contributed by atoms with van der Waals surface area (Å²) in [6, 6.07) is 17.6. The van der Waals surface area contributed by atoms with Crippen LogP contribution in [0.3, 0.4) is 0 Å². The first-order chi connectivity index (χ1) is 12.5. The number of fused-ring (bicyclic) bond motifs is 1. The minimum atomic E-state index is -0.916. The first-order valence-corrected chi connectivity index (χ1v) is 8.44. The molecular weight excluding hydrogens is 398 g/mol. The van der Waals surface area contributed by atoms with Crippen LogP contribution in [0, 0.1) is 0 Å². The van der Waals surface area contributed by atoms with Gasteiger partial charge in [-0.3, -0.25) is 9.59 Å². The Bertz CT molecular complexity index is 1020. The Kier molecular flexibility index (Phi) is 5.28. The summed E-state index contributed by atoms with van der Waals surface area (Å²) in [5.41, 5.74) is 3.09. The summed E-state index contributed by atoms with van der Waals surface area (Å²) >= 11 is 3.28. The molecular formula is C19H14BrN3O3. The van der Waals surface area contributed by atoms with Gasteiger partial charge in [0.05, 0.1) is 6.21 Å². The highest BCUT2D eigenvalue weighted by Gasteiger charge is 2.13. The minimum absolute atomic E-state index is 0.0280. The molecule has 3 aromatic carbocycles. The van der Waals surface area contributed by atoms with E-state index in [0.717, 1.165) is 15.2 Å². The van der Waals surface area contributed by atoms with Gasteiger partial charge in [0.15, 0.2) is 0 Å². The summed E-state index contributed by atoms with van der Waals surface area (Å²) in [6.45, 7) is 0. The first kappa shape index (κ1) is 17.6. The van der Waals surface area contributed by atoms with E-state index in [-0.39, 0.29) is 5.75 Å². The second-order valence-corrected chi connectivity index (χ2v) is 6.30. The van der Waals surface area contributed by atoms with Crippen molar-refractivity contribution in [1.29, 1.82) is 0 Å². The molecule has 0 spiro atoms. The molecule has 0 aliphatic heterocycles. The topological polar surface area (TPSA) is 90.8 Å². The van der Waals surface area contributed by atoms with Gasteiger partial charge in [0.25, 0.3) is 0 Å². The monoisotopic (exact) mass is 411 g/mol. The fourth-order valence-corrected chi connectivity index (χ4v) is 2.78. The number of rotatable bonds is 3. The van der Waals surface area contributed by atoms with Crippen LogP contribution >= 0.6 is 15.9 Å². The number of anilines is 1. The zero-order valence-electron chi connectivity index (χ0n) is 13.4. The quantitative estimate of drug-likeness (QED) is 0.350. The molecule has 0 saturated heterocycles. The van der Waals surface area contributed by atoms with Crippen molar-refractivity contribution in [3.8, 4) is 5.75 Å². The van der Waals surface area contributed by atoms with Gasteiger partial charge in [0.1, 0.15) is 5.75 Å². The predicted molar refractivity (Wildman–Crippen MR) is 104 cm³/mol. The lowest BCUT2D eigenvalue weighted by Crippen LogP contribution is -2.32. The average molecular weight is 412 g/mol. The van der Waals surface area contributed by atoms with Crippen molar-refractivity contribution in [2.24, 2.45) is 5.10 Å². The van der Waals surface area contributed by atoms with Crippen LogP contribution in [-0.2, 0) is 9.59 Å². The normalized spacial score (nSPS) is 10.8. The van der Waals surface area contributed by atoms with E-state index >= 15 is 0 Å². The maximum Gasteiger partial charge on any atom is 0.329 e. The maximum absolute atomic E-state index is 11.9. The number of nitrogens with zero attached hydrogens (tertiary/aromatic N) is 1. The van der Waals surface area contributed by atoms with E-state index < -0.39 is 11.8 Å². The van der Waals surface area contributed by atoms with Gasteiger partial charge < -0.3 is 10.4 Å². The van der Waals surface area contributed by atoms with Crippen LogP contribution < -0.4 is 10.7 Å². The number of halogens is 1. The number of hydrogen-bond acceptors (Lipinski definition) is 4. The van der Waals surface area contributed by atoms with Crippen LogP contribution in [0.15, 0.2) is 70.2 Å².